The number of imidazole rings is 1. The van der Waals surface area contributed by atoms with E-state index in [9.17, 15) is 0 Å². The molecule has 1 aromatic carbocycles. The molecule has 0 aliphatic heterocycles. The fourth-order valence-corrected chi connectivity index (χ4v) is 1.61. The van der Waals surface area contributed by atoms with Gasteiger partial charge in [0.2, 0.25) is 0 Å². The first-order valence-corrected chi connectivity index (χ1v) is 5.01. The fraction of sp³-hybridized carbons (Fsp3) is 0.167. The lowest BCUT2D eigenvalue weighted by Crippen LogP contribution is -2.04. The van der Waals surface area contributed by atoms with Crippen LogP contribution in [0.2, 0.25) is 0 Å². The molecule has 4 nitrogen and oxygen atoms in total. The van der Waals surface area contributed by atoms with Crippen LogP contribution in [0, 0.1) is 11.3 Å². The van der Waals surface area contributed by atoms with Crippen molar-refractivity contribution in [2.24, 2.45) is 0 Å². The van der Waals surface area contributed by atoms with Crippen molar-refractivity contribution in [3.63, 3.8) is 0 Å². The molecule has 80 valence electrons. The summed E-state index contributed by atoms with van der Waals surface area (Å²) >= 11 is 0. The number of hydrogen-bond acceptors (Lipinski definition) is 3. The first kappa shape index (κ1) is 10.2. The summed E-state index contributed by atoms with van der Waals surface area (Å²) < 4.78 is 1.91. The second-order valence-corrected chi connectivity index (χ2v) is 3.52. The smallest absolute Gasteiger partial charge is 0.145 e. The molecule has 16 heavy (non-hydrogen) atoms. The zero-order chi connectivity index (χ0) is 11.4. The number of nitrogens with two attached hydrogens (primary N) is 1. The van der Waals surface area contributed by atoms with E-state index in [2.05, 4.69) is 11.1 Å². The molecule has 0 atom stereocenters. The minimum Gasteiger partial charge on any atom is -0.382 e. The average Bonchev–Trinajstić information content (AvgIpc) is 2.64. The molecule has 0 bridgehead atoms. The molecule has 0 fully saturated rings. The van der Waals surface area contributed by atoms with Crippen LogP contribution in [0.25, 0.3) is 0 Å². The minimum atomic E-state index is 0.290. The number of aromatic nitrogens is 2. The second kappa shape index (κ2) is 4.49. The third-order valence-electron chi connectivity index (χ3n) is 2.42. The number of hydrogen-bond donors (Lipinski definition) is 1. The molecule has 2 aromatic rings. The number of benzene rings is 1. The van der Waals surface area contributed by atoms with Gasteiger partial charge in [-0.2, -0.15) is 5.26 Å². The highest BCUT2D eigenvalue weighted by molar-refractivity contribution is 5.37. The maximum atomic E-state index is 8.71. The number of nitrogen functional groups attached to an aromatic ring is 1. The van der Waals surface area contributed by atoms with E-state index in [0.29, 0.717) is 18.8 Å². The quantitative estimate of drug-likeness (QED) is 0.839. The predicted molar refractivity (Wildman–Crippen MR) is 61.5 cm³/mol. The zero-order valence-corrected chi connectivity index (χ0v) is 8.80. The highest BCUT2D eigenvalue weighted by Crippen LogP contribution is 2.12. The summed E-state index contributed by atoms with van der Waals surface area (Å²) in [6, 6.07) is 12.1. The summed E-state index contributed by atoms with van der Waals surface area (Å²) in [6.45, 7) is 0.696. The van der Waals surface area contributed by atoms with Crippen LogP contribution < -0.4 is 5.73 Å². The van der Waals surface area contributed by atoms with Gasteiger partial charge in [-0.25, -0.2) is 4.98 Å². The molecule has 0 radical (unpaired) electrons. The Hall–Kier alpha value is -2.28. The van der Waals surface area contributed by atoms with E-state index in [4.69, 9.17) is 11.0 Å². The van der Waals surface area contributed by atoms with Gasteiger partial charge in [0.05, 0.1) is 24.5 Å². The standard InChI is InChI=1S/C12H12N4/c13-7-6-11-12(14)15-9-16(11)8-10-4-2-1-3-5-10/h1-5,9H,6,8,14H2. The lowest BCUT2D eigenvalue weighted by Gasteiger charge is -2.06. The first-order valence-electron chi connectivity index (χ1n) is 5.01. The van der Waals surface area contributed by atoms with E-state index < -0.39 is 0 Å². The summed E-state index contributed by atoms with van der Waals surface area (Å²) in [6.07, 6.45) is 1.97. The average molecular weight is 212 g/mol. The Morgan fingerprint density at radius 1 is 1.31 bits per heavy atom. The van der Waals surface area contributed by atoms with Crippen LogP contribution in [0.4, 0.5) is 5.82 Å². The van der Waals surface area contributed by atoms with Gasteiger partial charge < -0.3 is 10.3 Å². The Kier molecular flexibility index (Phi) is 2.88. The number of nitrogens with zero attached hydrogens (tertiary/aromatic N) is 3. The van der Waals surface area contributed by atoms with Gasteiger partial charge in [0.25, 0.3) is 0 Å². The Morgan fingerprint density at radius 3 is 2.75 bits per heavy atom. The monoisotopic (exact) mass is 212 g/mol. The molecule has 0 aliphatic rings. The third kappa shape index (κ3) is 2.04. The molecule has 0 unspecified atom stereocenters. The van der Waals surface area contributed by atoms with E-state index in [1.165, 1.54) is 5.56 Å². The van der Waals surface area contributed by atoms with Gasteiger partial charge in [-0.05, 0) is 5.56 Å². The van der Waals surface area contributed by atoms with Crippen LogP contribution in [-0.2, 0) is 13.0 Å². The van der Waals surface area contributed by atoms with E-state index in [0.717, 1.165) is 5.69 Å². The van der Waals surface area contributed by atoms with Crippen LogP contribution in [0.5, 0.6) is 0 Å². The van der Waals surface area contributed by atoms with Gasteiger partial charge in [0.1, 0.15) is 5.82 Å². The van der Waals surface area contributed by atoms with Crippen LogP contribution in [-0.4, -0.2) is 9.55 Å². The number of anilines is 1. The Morgan fingerprint density at radius 2 is 2.06 bits per heavy atom. The molecule has 0 amide bonds. The molecule has 1 heterocycles. The van der Waals surface area contributed by atoms with Gasteiger partial charge in [0.15, 0.2) is 0 Å². The summed E-state index contributed by atoms with van der Waals surface area (Å²) in [4.78, 5) is 4.02. The van der Waals surface area contributed by atoms with Crippen molar-refractivity contribution in [1.82, 2.24) is 9.55 Å². The van der Waals surface area contributed by atoms with Crippen molar-refractivity contribution in [2.75, 3.05) is 5.73 Å². The largest absolute Gasteiger partial charge is 0.382 e. The van der Waals surface area contributed by atoms with Crippen molar-refractivity contribution in [3.8, 4) is 6.07 Å². The summed E-state index contributed by atoms with van der Waals surface area (Å²) in [5.74, 6) is 0.442. The van der Waals surface area contributed by atoms with Gasteiger partial charge >= 0.3 is 0 Å². The maximum absolute atomic E-state index is 8.71. The normalized spacial score (nSPS) is 9.94. The van der Waals surface area contributed by atoms with Crippen molar-refractivity contribution in [1.29, 1.82) is 5.26 Å². The van der Waals surface area contributed by atoms with E-state index >= 15 is 0 Å². The van der Waals surface area contributed by atoms with E-state index in [-0.39, 0.29) is 0 Å². The molecule has 0 saturated heterocycles. The molecular weight excluding hydrogens is 200 g/mol. The van der Waals surface area contributed by atoms with Crippen molar-refractivity contribution in [2.45, 2.75) is 13.0 Å². The highest BCUT2D eigenvalue weighted by Gasteiger charge is 2.07. The molecule has 2 rings (SSSR count). The summed E-state index contributed by atoms with van der Waals surface area (Å²) in [5, 5.41) is 8.71. The zero-order valence-electron chi connectivity index (χ0n) is 8.80. The SMILES string of the molecule is N#CCc1c(N)ncn1Cc1ccccc1. The molecule has 1 aromatic heterocycles. The van der Waals surface area contributed by atoms with Gasteiger partial charge in [-0.15, -0.1) is 0 Å². The molecule has 0 spiro atoms. The molecule has 2 N–H and O–H groups in total. The highest BCUT2D eigenvalue weighted by atomic mass is 15.1. The van der Waals surface area contributed by atoms with Gasteiger partial charge in [0, 0.05) is 6.54 Å². The topological polar surface area (TPSA) is 67.6 Å². The van der Waals surface area contributed by atoms with Crippen molar-refractivity contribution < 1.29 is 0 Å². The van der Waals surface area contributed by atoms with E-state index in [1.807, 2.05) is 34.9 Å². The lowest BCUT2D eigenvalue weighted by molar-refractivity contribution is 0.759. The van der Waals surface area contributed by atoms with Gasteiger partial charge in [-0.3, -0.25) is 0 Å². The van der Waals surface area contributed by atoms with E-state index in [1.54, 1.807) is 6.33 Å². The van der Waals surface area contributed by atoms with Crippen LogP contribution >= 0.6 is 0 Å². The molecule has 0 aliphatic carbocycles. The number of nitriles is 1. The van der Waals surface area contributed by atoms with Gasteiger partial charge in [-0.1, -0.05) is 30.3 Å². The minimum absolute atomic E-state index is 0.290. The predicted octanol–water partition coefficient (Wildman–Crippen LogP) is 1.58. The Balaban J connectivity index is 2.26. The number of rotatable bonds is 3. The van der Waals surface area contributed by atoms with Crippen molar-refractivity contribution in [3.05, 3.63) is 47.9 Å². The fourth-order valence-electron chi connectivity index (χ4n) is 1.61. The summed E-state index contributed by atoms with van der Waals surface area (Å²) in [7, 11) is 0. The van der Waals surface area contributed by atoms with Crippen molar-refractivity contribution >= 4 is 5.82 Å². The Bertz CT molecular complexity index is 508. The molecule has 0 saturated carbocycles. The maximum Gasteiger partial charge on any atom is 0.145 e. The third-order valence-corrected chi connectivity index (χ3v) is 2.42. The Labute approximate surface area is 94.0 Å². The molecular formula is C12H12N4. The lowest BCUT2D eigenvalue weighted by atomic mass is 10.2. The first-order chi connectivity index (χ1) is 7.81. The van der Waals surface area contributed by atoms with Crippen LogP contribution in [0.15, 0.2) is 36.7 Å². The molecule has 4 heteroatoms. The summed E-state index contributed by atoms with van der Waals surface area (Å²) in [5.41, 5.74) is 7.65. The van der Waals surface area contributed by atoms with Crippen LogP contribution in [0.3, 0.4) is 0 Å². The van der Waals surface area contributed by atoms with Crippen LogP contribution in [0.1, 0.15) is 11.3 Å². The second-order valence-electron chi connectivity index (χ2n) is 3.52.